The van der Waals surface area contributed by atoms with Gasteiger partial charge in [0.05, 0.1) is 18.2 Å². The van der Waals surface area contributed by atoms with Crippen molar-refractivity contribution in [2.45, 2.75) is 37.7 Å². The van der Waals surface area contributed by atoms with Gasteiger partial charge in [0.2, 0.25) is 10.0 Å². The quantitative estimate of drug-likeness (QED) is 0.351. The fraction of sp³-hybridized carbons (Fsp3) is 0.276. The highest BCUT2D eigenvalue weighted by molar-refractivity contribution is 7.88. The second kappa shape index (κ2) is 12.9. The van der Waals surface area contributed by atoms with Crippen LogP contribution in [0.25, 0.3) is 0 Å². The predicted octanol–water partition coefficient (Wildman–Crippen LogP) is 3.86. The van der Waals surface area contributed by atoms with Crippen LogP contribution in [0, 0.1) is 12.7 Å². The molecule has 3 N–H and O–H groups in total. The summed E-state index contributed by atoms with van der Waals surface area (Å²) in [4.78, 5) is 40.1. The van der Waals surface area contributed by atoms with Crippen LogP contribution in [0.3, 0.4) is 0 Å². The molecule has 0 aromatic heterocycles. The Morgan fingerprint density at radius 3 is 2.37 bits per heavy atom. The van der Waals surface area contributed by atoms with Gasteiger partial charge in [0.1, 0.15) is 5.82 Å². The zero-order chi connectivity index (χ0) is 29.6. The normalized spacial score (nSPS) is 16.5. The summed E-state index contributed by atoms with van der Waals surface area (Å²) in [7, 11) is -4.12. The summed E-state index contributed by atoms with van der Waals surface area (Å²) in [5.74, 6) is -2.91. The molecular formula is C29H31FN4O6S. The molecule has 216 valence electrons. The Kier molecular flexibility index (Phi) is 9.35. The van der Waals surface area contributed by atoms with Gasteiger partial charge in [-0.2, -0.15) is 4.31 Å². The molecule has 1 heterocycles. The topological polar surface area (TPSA) is 136 Å². The smallest absolute Gasteiger partial charge is 0.323 e. The Balaban J connectivity index is 1.68. The molecular weight excluding hydrogens is 551 g/mol. The number of urea groups is 1. The molecule has 41 heavy (non-hydrogen) atoms. The monoisotopic (exact) mass is 582 g/mol. The van der Waals surface area contributed by atoms with Gasteiger partial charge in [-0.25, -0.2) is 17.6 Å². The molecule has 3 aromatic rings. The first-order valence-electron chi connectivity index (χ1n) is 13.0. The minimum atomic E-state index is -4.12. The minimum Gasteiger partial charge on any atom is -0.481 e. The Morgan fingerprint density at radius 1 is 1.00 bits per heavy atom. The van der Waals surface area contributed by atoms with Crippen LogP contribution in [0.4, 0.5) is 14.9 Å². The lowest BCUT2D eigenvalue weighted by Gasteiger charge is -2.42. The number of carbonyl (C=O) groups excluding carboxylic acids is 2. The minimum absolute atomic E-state index is 0.0262. The highest BCUT2D eigenvalue weighted by Crippen LogP contribution is 2.25. The van der Waals surface area contributed by atoms with E-state index in [9.17, 15) is 32.3 Å². The molecule has 1 saturated heterocycles. The summed E-state index contributed by atoms with van der Waals surface area (Å²) >= 11 is 0. The number of halogens is 1. The Bertz CT molecular complexity index is 1500. The lowest BCUT2D eigenvalue weighted by atomic mass is 10.0. The van der Waals surface area contributed by atoms with E-state index in [1.807, 2.05) is 13.0 Å². The summed E-state index contributed by atoms with van der Waals surface area (Å²) in [5.41, 5.74) is 2.13. The average molecular weight is 583 g/mol. The van der Waals surface area contributed by atoms with E-state index in [1.165, 1.54) is 12.1 Å². The molecule has 0 aliphatic carbocycles. The molecule has 10 nitrogen and oxygen atoms in total. The van der Waals surface area contributed by atoms with E-state index in [1.54, 1.807) is 48.5 Å². The molecule has 0 spiro atoms. The lowest BCUT2D eigenvalue weighted by Crippen LogP contribution is -2.64. The van der Waals surface area contributed by atoms with E-state index < -0.39 is 58.1 Å². The molecule has 1 aliphatic heterocycles. The SMILES string of the molecule is Cc1cccc(C(CC(=O)O)NC(=O)C2N(C(=O)Nc3ccc(F)cc3)CCCN2S(=O)(=O)Cc2ccccc2)c1. The number of aliphatic carboxylic acids is 1. The fourth-order valence-corrected chi connectivity index (χ4v) is 6.43. The molecule has 2 atom stereocenters. The number of rotatable bonds is 9. The first kappa shape index (κ1) is 29.7. The number of nitrogens with one attached hydrogen (secondary N) is 2. The molecule has 1 aliphatic rings. The molecule has 12 heteroatoms. The van der Waals surface area contributed by atoms with Crippen LogP contribution >= 0.6 is 0 Å². The maximum atomic E-state index is 13.9. The van der Waals surface area contributed by atoms with Gasteiger partial charge in [0.25, 0.3) is 5.91 Å². The van der Waals surface area contributed by atoms with E-state index in [-0.39, 0.29) is 25.2 Å². The molecule has 4 rings (SSSR count). The van der Waals surface area contributed by atoms with Gasteiger partial charge in [0, 0.05) is 18.8 Å². The molecule has 0 saturated carbocycles. The van der Waals surface area contributed by atoms with Crippen LogP contribution in [0.1, 0.15) is 35.6 Å². The molecule has 0 radical (unpaired) electrons. The first-order chi connectivity index (χ1) is 19.5. The van der Waals surface area contributed by atoms with Gasteiger partial charge in [0.15, 0.2) is 6.17 Å². The average Bonchev–Trinajstić information content (AvgIpc) is 2.93. The zero-order valence-corrected chi connectivity index (χ0v) is 23.2. The number of aryl methyl sites for hydroxylation is 1. The maximum absolute atomic E-state index is 13.9. The van der Waals surface area contributed by atoms with Crippen molar-refractivity contribution in [2.24, 2.45) is 0 Å². The van der Waals surface area contributed by atoms with Crippen LogP contribution in [-0.2, 0) is 25.4 Å². The third kappa shape index (κ3) is 7.68. The number of amides is 3. The second-order valence-electron chi connectivity index (χ2n) is 9.78. The Hall–Kier alpha value is -4.29. The van der Waals surface area contributed by atoms with Crippen molar-refractivity contribution >= 4 is 33.6 Å². The third-order valence-corrected chi connectivity index (χ3v) is 8.42. The number of carbonyl (C=O) groups is 3. The molecule has 0 bridgehead atoms. The third-order valence-electron chi connectivity index (χ3n) is 6.63. The number of sulfonamides is 1. The van der Waals surface area contributed by atoms with Crippen molar-refractivity contribution < 1.29 is 32.3 Å². The highest BCUT2D eigenvalue weighted by atomic mass is 32.2. The molecule has 2 unspecified atom stereocenters. The van der Waals surface area contributed by atoms with Gasteiger partial charge < -0.3 is 15.7 Å². The fourth-order valence-electron chi connectivity index (χ4n) is 4.73. The van der Waals surface area contributed by atoms with E-state index in [0.717, 1.165) is 26.9 Å². The lowest BCUT2D eigenvalue weighted by molar-refractivity contribution is -0.138. The summed E-state index contributed by atoms with van der Waals surface area (Å²) in [5, 5.41) is 14.8. The van der Waals surface area contributed by atoms with E-state index >= 15 is 0 Å². The second-order valence-corrected chi connectivity index (χ2v) is 11.7. The van der Waals surface area contributed by atoms with E-state index in [2.05, 4.69) is 10.6 Å². The van der Waals surface area contributed by atoms with Crippen LogP contribution in [-0.4, -0.2) is 59.9 Å². The number of carboxylic acids is 1. The van der Waals surface area contributed by atoms with Crippen molar-refractivity contribution in [2.75, 3.05) is 18.4 Å². The number of hydrogen-bond donors (Lipinski definition) is 3. The van der Waals surface area contributed by atoms with E-state index in [0.29, 0.717) is 11.1 Å². The first-order valence-corrected chi connectivity index (χ1v) is 14.6. The van der Waals surface area contributed by atoms with Gasteiger partial charge in [-0.3, -0.25) is 14.5 Å². The van der Waals surface area contributed by atoms with Gasteiger partial charge in [-0.15, -0.1) is 0 Å². The molecule has 3 aromatic carbocycles. The van der Waals surface area contributed by atoms with Crippen LogP contribution in [0.15, 0.2) is 78.9 Å². The standard InChI is InChI=1S/C29H31FN4O6S/c1-20-7-5-10-22(17-20)25(18-26(35)36)32-27(37)28-33(29(38)31-24-13-11-23(30)12-14-24)15-6-16-34(28)41(39,40)19-21-8-3-2-4-9-21/h2-5,7-14,17,25,28H,6,15-16,18-19H2,1H3,(H,31,38)(H,32,37)(H,35,36). The number of hydrogen-bond acceptors (Lipinski definition) is 5. The summed E-state index contributed by atoms with van der Waals surface area (Å²) in [6.45, 7) is 1.85. The van der Waals surface area contributed by atoms with Crippen LogP contribution in [0.2, 0.25) is 0 Å². The Labute approximate surface area is 237 Å². The summed E-state index contributed by atoms with van der Waals surface area (Å²) in [6.07, 6.45) is -1.80. The summed E-state index contributed by atoms with van der Waals surface area (Å²) in [6, 6.07) is 18.7. The number of benzene rings is 3. The summed E-state index contributed by atoms with van der Waals surface area (Å²) < 4.78 is 41.7. The van der Waals surface area contributed by atoms with Crippen LogP contribution < -0.4 is 10.6 Å². The largest absolute Gasteiger partial charge is 0.481 e. The Morgan fingerprint density at radius 2 is 1.71 bits per heavy atom. The zero-order valence-electron chi connectivity index (χ0n) is 22.4. The van der Waals surface area contributed by atoms with Crippen molar-refractivity contribution in [3.8, 4) is 0 Å². The number of carboxylic acid groups (broad SMARTS) is 1. The molecule has 1 fully saturated rings. The number of nitrogens with zero attached hydrogens (tertiary/aromatic N) is 2. The predicted molar refractivity (Wildman–Crippen MR) is 151 cm³/mol. The van der Waals surface area contributed by atoms with E-state index in [4.69, 9.17) is 0 Å². The van der Waals surface area contributed by atoms with Gasteiger partial charge in [-0.05, 0) is 48.7 Å². The van der Waals surface area contributed by atoms with Gasteiger partial charge in [-0.1, -0.05) is 60.2 Å². The maximum Gasteiger partial charge on any atom is 0.323 e. The number of anilines is 1. The van der Waals surface area contributed by atoms with Crippen molar-refractivity contribution in [3.63, 3.8) is 0 Å². The van der Waals surface area contributed by atoms with Crippen molar-refractivity contribution in [1.29, 1.82) is 0 Å². The van der Waals surface area contributed by atoms with Crippen LogP contribution in [0.5, 0.6) is 0 Å². The molecule has 3 amide bonds. The van der Waals surface area contributed by atoms with Gasteiger partial charge >= 0.3 is 12.0 Å². The highest BCUT2D eigenvalue weighted by Gasteiger charge is 2.44. The van der Waals surface area contributed by atoms with Crippen molar-refractivity contribution in [1.82, 2.24) is 14.5 Å². The van der Waals surface area contributed by atoms with Crippen molar-refractivity contribution in [3.05, 3.63) is 101 Å².